The van der Waals surface area contributed by atoms with Gasteiger partial charge in [0.05, 0.1) is 0 Å². The summed E-state index contributed by atoms with van der Waals surface area (Å²) in [5, 5.41) is 3.83. The second-order valence-corrected chi connectivity index (χ2v) is 16.3. The minimum atomic E-state index is -0.207. The minimum Gasteiger partial charge on any atom is -0.278 e. The molecule has 0 N–H and O–H groups in total. The molecule has 0 aliphatic heterocycles. The van der Waals surface area contributed by atoms with Gasteiger partial charge in [-0.15, -0.1) is 0 Å². The van der Waals surface area contributed by atoms with Gasteiger partial charge < -0.3 is 0 Å². The van der Waals surface area contributed by atoms with E-state index >= 15 is 0 Å². The second kappa shape index (κ2) is 24.8. The normalized spacial score (nSPS) is 13.2. The van der Waals surface area contributed by atoms with Crippen LogP contribution in [0.1, 0.15) is 203 Å². The van der Waals surface area contributed by atoms with Crippen molar-refractivity contribution in [1.82, 2.24) is 9.80 Å². The van der Waals surface area contributed by atoms with Gasteiger partial charge in [0, 0.05) is 23.2 Å². The number of carbonyl (C=O) groups excluding carboxylic acids is 4. The molecule has 56 heavy (non-hydrogen) atoms. The number of unbranched alkanes of at least 4 members (excludes halogenated alkanes) is 12. The summed E-state index contributed by atoms with van der Waals surface area (Å²) in [4.78, 5) is 57.3. The summed E-state index contributed by atoms with van der Waals surface area (Å²) in [6.45, 7) is 8.81. The molecule has 2 aliphatic rings. The molecule has 6 heteroatoms. The van der Waals surface area contributed by atoms with E-state index in [-0.39, 0.29) is 23.9 Å². The van der Waals surface area contributed by atoms with Gasteiger partial charge in [0.15, 0.2) is 0 Å². The third-order valence-electron chi connectivity index (χ3n) is 12.1. The highest BCUT2D eigenvalue weighted by Crippen LogP contribution is 2.22. The van der Waals surface area contributed by atoms with Crippen molar-refractivity contribution in [1.29, 1.82) is 0 Å². The second-order valence-electron chi connectivity index (χ2n) is 16.3. The Bertz CT molecular complexity index is 1670. The molecule has 0 radical (unpaired) electrons. The Labute approximate surface area is 338 Å². The smallest absolute Gasteiger partial charge is 0.261 e. The lowest BCUT2D eigenvalue weighted by Gasteiger charge is -2.28. The summed E-state index contributed by atoms with van der Waals surface area (Å²) in [6, 6.07) is 7.72. The molecular weight excluding hydrogens is 693 g/mol. The summed E-state index contributed by atoms with van der Waals surface area (Å²) in [5.41, 5.74) is 3.22. The molecule has 0 fully saturated rings. The minimum absolute atomic E-state index is 0.0999. The van der Waals surface area contributed by atoms with E-state index in [1.807, 2.05) is 24.3 Å². The lowest BCUT2D eigenvalue weighted by atomic mass is 9.90. The Morgan fingerprint density at radius 3 is 1.05 bits per heavy atom. The maximum absolute atomic E-state index is 14.4. The van der Waals surface area contributed by atoms with Gasteiger partial charge in [0.2, 0.25) is 12.8 Å². The van der Waals surface area contributed by atoms with Crippen LogP contribution in [0.25, 0.3) is 35.4 Å². The first-order chi connectivity index (χ1) is 27.4. The fourth-order valence-corrected chi connectivity index (χ4v) is 8.86. The summed E-state index contributed by atoms with van der Waals surface area (Å²) in [7, 11) is 0. The number of rotatable bonds is 27. The summed E-state index contributed by atoms with van der Waals surface area (Å²) < 4.78 is 0. The van der Waals surface area contributed by atoms with Gasteiger partial charge in [-0.1, -0.05) is 167 Å². The zero-order chi connectivity index (χ0) is 40.1. The molecular formula is C50H72N2O4. The Balaban J connectivity index is 1.71. The highest BCUT2D eigenvalue weighted by atomic mass is 16.2. The number of hydrogen-bond donors (Lipinski definition) is 0. The van der Waals surface area contributed by atoms with Crippen LogP contribution in [-0.2, 0) is 9.59 Å². The zero-order valence-electron chi connectivity index (χ0n) is 35.4. The van der Waals surface area contributed by atoms with Crippen LogP contribution in [0, 0.1) is 0 Å². The SMILES string of the molecule is CCCCCCC(CCCCCC)N(C=O)C(=O)c1ccc(-c2ccc(C(=O)N(C=O)C(CCCCCC)CCCCCC)c3c2=CCCC=3)c2c1=CCCC=2. The van der Waals surface area contributed by atoms with E-state index in [0.717, 1.165) is 173 Å². The van der Waals surface area contributed by atoms with Gasteiger partial charge in [-0.2, -0.15) is 0 Å². The van der Waals surface area contributed by atoms with E-state index in [1.165, 1.54) is 35.5 Å². The van der Waals surface area contributed by atoms with Crippen LogP contribution < -0.4 is 20.9 Å². The van der Waals surface area contributed by atoms with E-state index in [1.54, 1.807) is 0 Å². The Kier molecular flexibility index (Phi) is 19.8. The lowest BCUT2D eigenvalue weighted by molar-refractivity contribution is -0.118. The molecule has 0 unspecified atom stereocenters. The van der Waals surface area contributed by atoms with Crippen LogP contribution >= 0.6 is 0 Å². The van der Waals surface area contributed by atoms with Gasteiger partial charge in [0.25, 0.3) is 11.8 Å². The molecule has 4 rings (SSSR count). The van der Waals surface area contributed by atoms with Crippen LogP contribution in [0.5, 0.6) is 0 Å². The van der Waals surface area contributed by atoms with Gasteiger partial charge >= 0.3 is 0 Å². The molecule has 2 aromatic carbocycles. The number of carbonyl (C=O) groups is 4. The Hall–Kier alpha value is -3.80. The molecule has 0 saturated carbocycles. The molecule has 4 amide bonds. The van der Waals surface area contributed by atoms with E-state index in [9.17, 15) is 19.2 Å². The summed E-state index contributed by atoms with van der Waals surface area (Å²) >= 11 is 0. The summed E-state index contributed by atoms with van der Waals surface area (Å²) in [5.74, 6) is -0.415. The molecule has 306 valence electrons. The number of nitrogens with zero attached hydrogens (tertiary/aromatic N) is 2. The third kappa shape index (κ3) is 12.1. The average molecular weight is 765 g/mol. The first kappa shape index (κ1) is 44.9. The maximum atomic E-state index is 14.4. The van der Waals surface area contributed by atoms with Crippen molar-refractivity contribution in [2.24, 2.45) is 0 Å². The topological polar surface area (TPSA) is 74.8 Å². The highest BCUT2D eigenvalue weighted by molar-refractivity contribution is 6.02. The van der Waals surface area contributed by atoms with Gasteiger partial charge in [-0.25, -0.2) is 0 Å². The summed E-state index contributed by atoms with van der Waals surface area (Å²) in [6.07, 6.45) is 34.9. The molecule has 0 spiro atoms. The molecule has 0 bridgehead atoms. The van der Waals surface area contributed by atoms with Crippen LogP contribution in [0.3, 0.4) is 0 Å². The van der Waals surface area contributed by atoms with E-state index < -0.39 is 0 Å². The number of hydrogen-bond acceptors (Lipinski definition) is 4. The van der Waals surface area contributed by atoms with Crippen LogP contribution in [0.15, 0.2) is 24.3 Å². The molecule has 2 aliphatic carbocycles. The van der Waals surface area contributed by atoms with Crippen molar-refractivity contribution in [3.63, 3.8) is 0 Å². The number of benzene rings is 2. The fourth-order valence-electron chi connectivity index (χ4n) is 8.86. The number of amides is 4. The van der Waals surface area contributed by atoms with Crippen molar-refractivity contribution in [2.45, 2.75) is 194 Å². The van der Waals surface area contributed by atoms with Crippen molar-refractivity contribution in [2.75, 3.05) is 0 Å². The maximum Gasteiger partial charge on any atom is 0.261 e. The molecule has 6 nitrogen and oxygen atoms in total. The Morgan fingerprint density at radius 1 is 0.464 bits per heavy atom. The predicted octanol–water partition coefficient (Wildman–Crippen LogP) is 9.88. The average Bonchev–Trinajstić information content (AvgIpc) is 3.23. The van der Waals surface area contributed by atoms with Crippen LogP contribution in [-0.4, -0.2) is 46.5 Å². The number of imide groups is 2. The quantitative estimate of drug-likeness (QED) is 0.0671. The van der Waals surface area contributed by atoms with Crippen molar-refractivity contribution < 1.29 is 19.2 Å². The third-order valence-corrected chi connectivity index (χ3v) is 12.1. The lowest BCUT2D eigenvalue weighted by Crippen LogP contribution is -2.45. The van der Waals surface area contributed by atoms with Gasteiger partial charge in [-0.3, -0.25) is 29.0 Å². The fraction of sp³-hybridized carbons (Fsp3) is 0.600. The Morgan fingerprint density at radius 2 is 0.768 bits per heavy atom. The van der Waals surface area contributed by atoms with Gasteiger partial charge in [0.1, 0.15) is 0 Å². The molecule has 0 heterocycles. The van der Waals surface area contributed by atoms with Crippen LogP contribution in [0.2, 0.25) is 0 Å². The predicted molar refractivity (Wildman–Crippen MR) is 234 cm³/mol. The van der Waals surface area contributed by atoms with Crippen molar-refractivity contribution in [3.8, 4) is 11.1 Å². The monoisotopic (exact) mass is 765 g/mol. The van der Waals surface area contributed by atoms with Crippen molar-refractivity contribution in [3.05, 3.63) is 56.3 Å². The molecule has 0 aromatic heterocycles. The van der Waals surface area contributed by atoms with E-state index in [0.29, 0.717) is 11.1 Å². The number of fused-ring (bicyclic) bond motifs is 2. The highest BCUT2D eigenvalue weighted by Gasteiger charge is 2.28. The van der Waals surface area contributed by atoms with E-state index in [4.69, 9.17) is 0 Å². The van der Waals surface area contributed by atoms with Crippen molar-refractivity contribution >= 4 is 48.9 Å². The first-order valence-corrected chi connectivity index (χ1v) is 22.7. The molecule has 0 atom stereocenters. The van der Waals surface area contributed by atoms with Gasteiger partial charge in [-0.05, 0) is 95.5 Å². The molecule has 2 aromatic rings. The van der Waals surface area contributed by atoms with E-state index in [2.05, 4.69) is 52.0 Å². The standard InChI is InChI=1S/C50H72N2O4/c1-5-9-13-17-25-39(26-18-14-10-6-2)51(37-53)49(55)47-35-33-45(41-29-21-23-31-43(41)47)46-34-36-48(44-32-24-22-30-42(44)46)50(56)52(38-54)40(27-19-15-11-7-3)28-20-16-12-8-4/h29-40H,5-28H2,1-4H3. The zero-order valence-corrected chi connectivity index (χ0v) is 35.4. The largest absolute Gasteiger partial charge is 0.278 e. The first-order valence-electron chi connectivity index (χ1n) is 22.7. The molecule has 0 saturated heterocycles. The van der Waals surface area contributed by atoms with Crippen LogP contribution in [0.4, 0.5) is 0 Å².